The van der Waals surface area contributed by atoms with Gasteiger partial charge in [0.05, 0.1) is 0 Å². The average molecular weight is 404 g/mol. The number of allylic oxidation sites excluding steroid dienone is 2. The maximum atomic E-state index is 13.3. The molecule has 2 nitrogen and oxygen atoms in total. The zero-order chi connectivity index (χ0) is 21.1. The lowest BCUT2D eigenvalue weighted by Gasteiger charge is -2.18. The van der Waals surface area contributed by atoms with E-state index < -0.39 is 0 Å². The summed E-state index contributed by atoms with van der Waals surface area (Å²) in [5.74, 6) is 0.385. The van der Waals surface area contributed by atoms with Crippen LogP contribution in [0.25, 0.3) is 23.4 Å². The highest BCUT2D eigenvalue weighted by molar-refractivity contribution is 5.92. The van der Waals surface area contributed by atoms with Crippen molar-refractivity contribution in [1.82, 2.24) is 5.32 Å². The summed E-state index contributed by atoms with van der Waals surface area (Å²) in [4.78, 5) is 13.3. The van der Waals surface area contributed by atoms with Crippen LogP contribution in [0.1, 0.15) is 101 Å². The summed E-state index contributed by atoms with van der Waals surface area (Å²) < 4.78 is 0. The Hall–Kier alpha value is -2.09. The molecule has 0 atom stereocenters. The van der Waals surface area contributed by atoms with Crippen molar-refractivity contribution in [1.29, 1.82) is 0 Å². The number of rotatable bonds is 2. The monoisotopic (exact) mass is 403 g/mol. The third-order valence-electron chi connectivity index (χ3n) is 7.41. The van der Waals surface area contributed by atoms with Gasteiger partial charge in [-0.3, -0.25) is 4.79 Å². The second-order valence-electron chi connectivity index (χ2n) is 9.57. The van der Waals surface area contributed by atoms with Gasteiger partial charge in [-0.05, 0) is 78.8 Å². The van der Waals surface area contributed by atoms with Gasteiger partial charge in [-0.2, -0.15) is 0 Å². The van der Waals surface area contributed by atoms with Crippen molar-refractivity contribution in [2.45, 2.75) is 91.4 Å². The van der Waals surface area contributed by atoms with Gasteiger partial charge < -0.3 is 5.32 Å². The predicted octanol–water partition coefficient (Wildman–Crippen LogP) is 5.75. The summed E-state index contributed by atoms with van der Waals surface area (Å²) in [6.45, 7) is 6.61. The van der Waals surface area contributed by atoms with Crippen LogP contribution >= 0.6 is 0 Å². The number of amides is 1. The number of hydrogen-bond donors (Lipinski definition) is 1. The zero-order valence-corrected chi connectivity index (χ0v) is 19.1. The molecule has 0 saturated heterocycles. The second kappa shape index (κ2) is 9.37. The van der Waals surface area contributed by atoms with Gasteiger partial charge in [-0.1, -0.05) is 69.9 Å². The average Bonchev–Trinajstić information content (AvgIpc) is 3.23. The van der Waals surface area contributed by atoms with Crippen molar-refractivity contribution in [3.63, 3.8) is 0 Å². The smallest absolute Gasteiger partial charge is 0.227 e. The minimum Gasteiger partial charge on any atom is -0.325 e. The molecule has 1 aromatic rings. The molecule has 1 amide bonds. The lowest BCUT2D eigenvalue weighted by Crippen LogP contribution is -2.33. The molecular weight excluding hydrogens is 366 g/mol. The predicted molar refractivity (Wildman–Crippen MR) is 128 cm³/mol. The van der Waals surface area contributed by atoms with Crippen LogP contribution in [0.4, 0.5) is 0 Å². The van der Waals surface area contributed by atoms with Gasteiger partial charge in [0.1, 0.15) is 0 Å². The van der Waals surface area contributed by atoms with Gasteiger partial charge in [-0.25, -0.2) is 0 Å². The Balaban J connectivity index is 1.56. The van der Waals surface area contributed by atoms with Gasteiger partial charge >= 0.3 is 0 Å². The van der Waals surface area contributed by atoms with E-state index in [1.54, 1.807) is 0 Å². The highest BCUT2D eigenvalue weighted by atomic mass is 16.1. The van der Waals surface area contributed by atoms with Crippen LogP contribution in [0.3, 0.4) is 0 Å². The van der Waals surface area contributed by atoms with Crippen molar-refractivity contribution in [2.75, 3.05) is 0 Å². The number of carbonyl (C=O) groups excluding carboxylic acids is 1. The number of carbonyl (C=O) groups is 1. The molecule has 0 aromatic heterocycles. The molecule has 1 aromatic carbocycles. The summed E-state index contributed by atoms with van der Waals surface area (Å²) in [6.07, 6.45) is 20.3. The lowest BCUT2D eigenvalue weighted by atomic mass is 9.92. The molecule has 160 valence electrons. The molecule has 0 unspecified atom stereocenters. The molecule has 1 fully saturated rings. The van der Waals surface area contributed by atoms with Crippen molar-refractivity contribution < 1.29 is 4.79 Å². The lowest BCUT2D eigenvalue weighted by molar-refractivity contribution is -0.124. The maximum Gasteiger partial charge on any atom is 0.227 e. The first-order valence-electron chi connectivity index (χ1n) is 12.1. The fourth-order valence-corrected chi connectivity index (χ4v) is 5.53. The van der Waals surface area contributed by atoms with E-state index in [-0.39, 0.29) is 11.8 Å². The quantitative estimate of drug-likeness (QED) is 0.669. The van der Waals surface area contributed by atoms with E-state index in [9.17, 15) is 4.79 Å². The normalized spacial score (nSPS) is 20.3. The zero-order valence-electron chi connectivity index (χ0n) is 19.1. The van der Waals surface area contributed by atoms with Crippen LogP contribution in [0.15, 0.2) is 17.7 Å². The van der Waals surface area contributed by atoms with Crippen LogP contribution in [0, 0.1) is 12.8 Å². The Kier molecular flexibility index (Phi) is 6.61. The summed E-state index contributed by atoms with van der Waals surface area (Å²) in [5, 5.41) is 5.88. The van der Waals surface area contributed by atoms with Crippen LogP contribution in [-0.4, -0.2) is 5.91 Å². The molecule has 3 aliphatic rings. The fraction of sp³-hybridized carbons (Fsp3) is 0.536. The topological polar surface area (TPSA) is 29.1 Å². The van der Waals surface area contributed by atoms with E-state index in [1.165, 1.54) is 96.1 Å². The first-order chi connectivity index (χ1) is 14.6. The van der Waals surface area contributed by atoms with Crippen LogP contribution in [0.2, 0.25) is 0 Å². The Labute approximate surface area is 181 Å². The molecule has 3 aliphatic carbocycles. The molecule has 0 heterocycles. The number of fused-ring (bicyclic) bond motifs is 2. The molecule has 0 radical (unpaired) electrons. The number of nitrogens with one attached hydrogen (secondary N) is 1. The van der Waals surface area contributed by atoms with Gasteiger partial charge in [-0.15, -0.1) is 0 Å². The van der Waals surface area contributed by atoms with Gasteiger partial charge in [0, 0.05) is 16.8 Å². The summed E-state index contributed by atoms with van der Waals surface area (Å²) in [5.41, 5.74) is 7.60. The van der Waals surface area contributed by atoms with Crippen LogP contribution < -0.4 is 15.8 Å². The third kappa shape index (κ3) is 4.33. The van der Waals surface area contributed by atoms with E-state index in [1.807, 2.05) is 0 Å². The Morgan fingerprint density at radius 3 is 2.10 bits per heavy atom. The van der Waals surface area contributed by atoms with Crippen molar-refractivity contribution in [3.8, 4) is 0 Å². The number of benzene rings is 1. The molecule has 4 rings (SSSR count). The first kappa shape index (κ1) is 21.2. The van der Waals surface area contributed by atoms with Crippen molar-refractivity contribution in [2.24, 2.45) is 5.92 Å². The molecule has 1 saturated carbocycles. The molecular formula is C28H37NO. The SMILES string of the molecule is CC1=C(C)c2c(C)c3c(cc2=C1)C=CC=3NC(=O)C1CCCCCCCCCCC1. The molecule has 30 heavy (non-hydrogen) atoms. The van der Waals surface area contributed by atoms with E-state index >= 15 is 0 Å². The van der Waals surface area contributed by atoms with E-state index in [0.717, 1.165) is 18.5 Å². The third-order valence-corrected chi connectivity index (χ3v) is 7.41. The maximum absolute atomic E-state index is 13.3. The van der Waals surface area contributed by atoms with Crippen LogP contribution in [0.5, 0.6) is 0 Å². The fourth-order valence-electron chi connectivity index (χ4n) is 5.53. The summed E-state index contributed by atoms with van der Waals surface area (Å²) in [7, 11) is 0. The summed E-state index contributed by atoms with van der Waals surface area (Å²) in [6, 6.07) is 2.28. The Morgan fingerprint density at radius 1 is 0.867 bits per heavy atom. The minimum absolute atomic E-state index is 0.154. The van der Waals surface area contributed by atoms with Gasteiger partial charge in [0.2, 0.25) is 5.91 Å². The highest BCUT2D eigenvalue weighted by Gasteiger charge is 2.22. The van der Waals surface area contributed by atoms with E-state index in [4.69, 9.17) is 0 Å². The second-order valence-corrected chi connectivity index (χ2v) is 9.57. The standard InChI is InChI=1S/C28H37NO/c1-19-17-24-18-23-15-16-25(27(23)21(3)26(24)20(19)2)29-28(30)22-13-11-9-7-5-4-6-8-10-12-14-22/h15-18,22H,4-14H2,1-3H3,(H,29,30). The largest absolute Gasteiger partial charge is 0.325 e. The van der Waals surface area contributed by atoms with Crippen LogP contribution in [-0.2, 0) is 4.79 Å². The van der Waals surface area contributed by atoms with E-state index in [2.05, 4.69) is 50.4 Å². The Morgan fingerprint density at radius 2 is 1.47 bits per heavy atom. The minimum atomic E-state index is 0.154. The molecule has 0 spiro atoms. The molecule has 1 N–H and O–H groups in total. The molecule has 0 aliphatic heterocycles. The van der Waals surface area contributed by atoms with Gasteiger partial charge in [0.15, 0.2) is 0 Å². The van der Waals surface area contributed by atoms with E-state index in [0.29, 0.717) is 0 Å². The highest BCUT2D eigenvalue weighted by Crippen LogP contribution is 2.25. The van der Waals surface area contributed by atoms with Crippen molar-refractivity contribution >= 4 is 29.3 Å². The van der Waals surface area contributed by atoms with Gasteiger partial charge in [0.25, 0.3) is 0 Å². The number of hydrogen-bond acceptors (Lipinski definition) is 1. The Bertz CT molecular complexity index is 996. The van der Waals surface area contributed by atoms with Crippen molar-refractivity contribution in [3.05, 3.63) is 44.8 Å². The first-order valence-corrected chi connectivity index (χ1v) is 12.1. The molecule has 0 bridgehead atoms. The molecule has 2 heteroatoms. The summed E-state index contributed by atoms with van der Waals surface area (Å²) >= 11 is 0.